The highest BCUT2D eigenvalue weighted by molar-refractivity contribution is 6.36. The third-order valence-corrected chi connectivity index (χ3v) is 5.79. The zero-order valence-corrected chi connectivity index (χ0v) is 22.9. The summed E-state index contributed by atoms with van der Waals surface area (Å²) in [5, 5.41) is 47.4. The fourth-order valence-electron chi connectivity index (χ4n) is 2.91. The number of phenolic OH excluding ortho intramolecular Hbond substituents is 2. The van der Waals surface area contributed by atoms with Crippen LogP contribution in [0, 0.1) is 0 Å². The van der Waals surface area contributed by atoms with E-state index >= 15 is 0 Å². The van der Waals surface area contributed by atoms with Crippen molar-refractivity contribution in [3.63, 3.8) is 0 Å². The molecule has 2 aromatic carbocycles. The van der Waals surface area contributed by atoms with E-state index in [0.717, 1.165) is 12.4 Å². The number of aromatic nitrogens is 4. The lowest BCUT2D eigenvalue weighted by Gasteiger charge is -2.05. The Morgan fingerprint density at radius 2 is 1.15 bits per heavy atom. The molecule has 0 fully saturated rings. The lowest BCUT2D eigenvalue weighted by molar-refractivity contribution is 0.0937. The molecule has 0 aliphatic carbocycles. The summed E-state index contributed by atoms with van der Waals surface area (Å²) in [5.74, 6) is -2.37. The van der Waals surface area contributed by atoms with Crippen molar-refractivity contribution < 1.29 is 29.1 Å². The van der Waals surface area contributed by atoms with Gasteiger partial charge in [0.2, 0.25) is 23.0 Å². The molecule has 20 heteroatoms. The summed E-state index contributed by atoms with van der Waals surface area (Å²) >= 11 is 23.5. The summed E-state index contributed by atoms with van der Waals surface area (Å²) in [6, 6.07) is 5.44. The van der Waals surface area contributed by atoms with Gasteiger partial charge in [0.05, 0.1) is 29.1 Å². The molecule has 0 aliphatic heterocycles. The number of hydrogen-bond donors (Lipinski definition) is 6. The number of hydrazone groups is 2. The third-order valence-electron chi connectivity index (χ3n) is 4.77. The van der Waals surface area contributed by atoms with Crippen molar-refractivity contribution in [3.8, 4) is 11.5 Å². The Bertz CT molecular complexity index is 1540. The number of benzene rings is 2. The minimum absolute atomic E-state index is 0.00355. The number of amides is 2. The minimum Gasteiger partial charge on any atom is -0.506 e. The van der Waals surface area contributed by atoms with Crippen LogP contribution < -0.4 is 21.5 Å². The summed E-state index contributed by atoms with van der Waals surface area (Å²) in [6.07, 6.45) is 2.24. The number of rotatable bonds is 10. The van der Waals surface area contributed by atoms with E-state index in [0.29, 0.717) is 0 Å². The number of hydrogen-bond acceptors (Lipinski definition) is 14. The molecule has 16 nitrogen and oxygen atoms in total. The van der Waals surface area contributed by atoms with Gasteiger partial charge in [-0.25, -0.2) is 20.1 Å². The average Bonchev–Trinajstić information content (AvgIpc) is 3.59. The van der Waals surface area contributed by atoms with Crippen molar-refractivity contribution in [2.45, 2.75) is 0 Å². The first kappa shape index (κ1) is 29.3. The molecule has 4 aromatic rings. The van der Waals surface area contributed by atoms with Gasteiger partial charge in [0, 0.05) is 21.2 Å². The van der Waals surface area contributed by atoms with Crippen LogP contribution in [0.15, 0.2) is 43.7 Å². The van der Waals surface area contributed by atoms with Crippen LogP contribution in [0.4, 0.5) is 11.6 Å². The summed E-state index contributed by atoms with van der Waals surface area (Å²) < 4.78 is 9.19. The Balaban J connectivity index is 1.32. The number of carbonyl (C=O) groups excluding carboxylic acids is 2. The van der Waals surface area contributed by atoms with Crippen LogP contribution in [-0.4, -0.2) is 61.8 Å². The highest BCUT2D eigenvalue weighted by atomic mass is 35.5. The smallest absolute Gasteiger partial charge is 0.297 e. The molecule has 0 saturated carbocycles. The Morgan fingerprint density at radius 3 is 1.56 bits per heavy atom. The number of aromatic hydroxyl groups is 2. The quantitative estimate of drug-likeness (QED) is 0.0829. The van der Waals surface area contributed by atoms with Crippen LogP contribution in [-0.2, 0) is 0 Å². The number of nitrogens with one attached hydrogen (secondary N) is 4. The first-order chi connectivity index (χ1) is 19.6. The molecule has 212 valence electrons. The van der Waals surface area contributed by atoms with Crippen LogP contribution >= 0.6 is 46.4 Å². The van der Waals surface area contributed by atoms with E-state index in [4.69, 9.17) is 46.4 Å². The fourth-order valence-corrected chi connectivity index (χ4v) is 3.93. The Hall–Kier alpha value is -4.64. The first-order valence-electron chi connectivity index (χ1n) is 10.8. The lowest BCUT2D eigenvalue weighted by atomic mass is 10.2. The molecule has 0 bridgehead atoms. The molecule has 0 saturated heterocycles. The van der Waals surface area contributed by atoms with Gasteiger partial charge >= 0.3 is 0 Å². The van der Waals surface area contributed by atoms with Crippen molar-refractivity contribution in [2.24, 2.45) is 10.2 Å². The molecule has 0 unspecified atom stereocenters. The van der Waals surface area contributed by atoms with Gasteiger partial charge < -0.3 is 20.8 Å². The van der Waals surface area contributed by atoms with Crippen molar-refractivity contribution in [3.05, 3.63) is 66.9 Å². The van der Waals surface area contributed by atoms with Crippen LogP contribution in [0.2, 0.25) is 20.1 Å². The van der Waals surface area contributed by atoms with Gasteiger partial charge in [0.25, 0.3) is 11.8 Å². The predicted molar refractivity (Wildman–Crippen MR) is 147 cm³/mol. The van der Waals surface area contributed by atoms with E-state index in [9.17, 15) is 19.8 Å². The second-order valence-corrected chi connectivity index (χ2v) is 9.19. The van der Waals surface area contributed by atoms with Gasteiger partial charge in [-0.3, -0.25) is 9.59 Å². The minimum atomic E-state index is -0.814. The lowest BCUT2D eigenvalue weighted by Crippen LogP contribution is -2.23. The highest BCUT2D eigenvalue weighted by Crippen LogP contribution is 2.31. The zero-order valence-electron chi connectivity index (χ0n) is 19.9. The van der Waals surface area contributed by atoms with Gasteiger partial charge in [0.1, 0.15) is 11.5 Å². The number of halogens is 4. The first-order valence-corrected chi connectivity index (χ1v) is 12.3. The van der Waals surface area contributed by atoms with Crippen LogP contribution in [0.3, 0.4) is 0 Å². The Morgan fingerprint density at radius 1 is 0.732 bits per heavy atom. The molecule has 0 aliphatic rings. The van der Waals surface area contributed by atoms with E-state index < -0.39 is 11.8 Å². The zero-order chi connectivity index (χ0) is 29.5. The molecule has 2 aromatic heterocycles. The molecule has 2 amide bonds. The van der Waals surface area contributed by atoms with Crippen LogP contribution in [0.1, 0.15) is 32.1 Å². The van der Waals surface area contributed by atoms with E-state index in [-0.39, 0.29) is 72.4 Å². The SMILES string of the molecule is O=C(N/N=C/c1cc(Cl)cc(Cl)c1O)c1nonc1NCNc1nonc1C(=O)N/N=C/c1cc(Cl)cc(Cl)c1O. The standard InChI is InChI=1S/C21H14Cl4N10O6/c22-10-1-8(16(36)12(24)3-10)5-28-30-20(38)14-18(34-40-32-14)26-7-27-19-15(33-41-35-19)21(39)31-29-6-9-2-11(23)4-13(25)17(9)37/h1-6,36-37H,7H2,(H,26,34)(H,27,35)(H,30,38)(H,31,39)/b28-5+,29-6+. The maximum absolute atomic E-state index is 12.4. The van der Waals surface area contributed by atoms with Gasteiger partial charge in [0.15, 0.2) is 0 Å². The van der Waals surface area contributed by atoms with Gasteiger partial charge in [-0.05, 0) is 44.9 Å². The second kappa shape index (κ2) is 13.1. The van der Waals surface area contributed by atoms with Gasteiger partial charge in [-0.2, -0.15) is 10.2 Å². The maximum Gasteiger partial charge on any atom is 0.297 e. The van der Waals surface area contributed by atoms with Crippen LogP contribution in [0.25, 0.3) is 0 Å². The number of phenols is 2. The highest BCUT2D eigenvalue weighted by Gasteiger charge is 2.20. The summed E-state index contributed by atoms with van der Waals surface area (Å²) in [4.78, 5) is 24.9. The molecule has 2 heterocycles. The normalized spacial score (nSPS) is 11.2. The average molecular weight is 644 g/mol. The molecular weight excluding hydrogens is 630 g/mol. The molecule has 6 N–H and O–H groups in total. The van der Waals surface area contributed by atoms with Crippen molar-refractivity contribution >= 4 is 82.3 Å². The molecule has 41 heavy (non-hydrogen) atoms. The number of nitrogens with zero attached hydrogens (tertiary/aromatic N) is 6. The van der Waals surface area contributed by atoms with E-state index in [1.807, 2.05) is 0 Å². The van der Waals surface area contributed by atoms with Crippen molar-refractivity contribution in [2.75, 3.05) is 17.3 Å². The molecular formula is C21H14Cl4N10O6. The van der Waals surface area contributed by atoms with Crippen molar-refractivity contribution in [1.82, 2.24) is 31.5 Å². The Kier molecular flexibility index (Phi) is 9.41. The van der Waals surface area contributed by atoms with E-state index in [2.05, 4.69) is 61.6 Å². The summed E-state index contributed by atoms with van der Waals surface area (Å²) in [5.41, 5.74) is 4.14. The van der Waals surface area contributed by atoms with Crippen LogP contribution in [0.5, 0.6) is 11.5 Å². The van der Waals surface area contributed by atoms with E-state index in [1.54, 1.807) is 0 Å². The number of anilines is 2. The Labute approximate surface area is 248 Å². The second-order valence-electron chi connectivity index (χ2n) is 7.50. The number of carbonyl (C=O) groups is 2. The molecule has 4 rings (SSSR count). The maximum atomic E-state index is 12.4. The topological polar surface area (TPSA) is 225 Å². The van der Waals surface area contributed by atoms with Crippen molar-refractivity contribution in [1.29, 1.82) is 0 Å². The molecule has 0 atom stereocenters. The fraction of sp³-hybridized carbons (Fsp3) is 0.0476. The monoisotopic (exact) mass is 642 g/mol. The largest absolute Gasteiger partial charge is 0.506 e. The molecule has 0 spiro atoms. The van der Waals surface area contributed by atoms with Gasteiger partial charge in [-0.15, -0.1) is 0 Å². The van der Waals surface area contributed by atoms with Gasteiger partial charge in [-0.1, -0.05) is 46.4 Å². The third kappa shape index (κ3) is 7.31. The summed E-state index contributed by atoms with van der Waals surface area (Å²) in [6.45, 7) is -0.153. The van der Waals surface area contributed by atoms with E-state index in [1.165, 1.54) is 24.3 Å². The summed E-state index contributed by atoms with van der Waals surface area (Å²) in [7, 11) is 0. The predicted octanol–water partition coefficient (Wildman–Crippen LogP) is 3.49. The molecule has 0 radical (unpaired) electrons.